The average molecular weight is 486 g/mol. The number of hydrogen-bond donors (Lipinski definition) is 2. The Kier molecular flexibility index (Phi) is 6.85. The summed E-state index contributed by atoms with van der Waals surface area (Å²) in [6, 6.07) is 10.8. The van der Waals surface area contributed by atoms with Gasteiger partial charge in [-0.15, -0.1) is 0 Å². The van der Waals surface area contributed by atoms with Crippen molar-refractivity contribution >= 4 is 34.2 Å². The van der Waals surface area contributed by atoms with Crippen LogP contribution in [0.15, 0.2) is 51.7 Å². The Morgan fingerprint density at radius 3 is 2.65 bits per heavy atom. The molecule has 10 heteroatoms. The first kappa shape index (κ1) is 23.7. The van der Waals surface area contributed by atoms with Gasteiger partial charge < -0.3 is 20.2 Å². The highest BCUT2D eigenvalue weighted by atomic mass is 35.5. The molecule has 1 atom stereocenters. The molecule has 2 aromatic carbocycles. The van der Waals surface area contributed by atoms with Crippen LogP contribution < -0.4 is 21.4 Å². The Labute approximate surface area is 200 Å². The van der Waals surface area contributed by atoms with Crippen molar-refractivity contribution in [1.82, 2.24) is 5.32 Å². The van der Waals surface area contributed by atoms with Gasteiger partial charge in [-0.1, -0.05) is 23.7 Å². The lowest BCUT2D eigenvalue weighted by atomic mass is 9.91. The summed E-state index contributed by atoms with van der Waals surface area (Å²) < 4.78 is 11.3. The van der Waals surface area contributed by atoms with Crippen LogP contribution in [0.4, 0.5) is 5.69 Å². The molecule has 0 spiro atoms. The molecule has 0 saturated heterocycles. The van der Waals surface area contributed by atoms with Crippen LogP contribution in [0.2, 0.25) is 5.02 Å². The summed E-state index contributed by atoms with van der Waals surface area (Å²) in [7, 11) is 0. The molecule has 4 rings (SSSR count). The molecule has 1 unspecified atom stereocenters. The third kappa shape index (κ3) is 5.05. The molecule has 3 N–H and O–H groups in total. The predicted octanol–water partition coefficient (Wildman–Crippen LogP) is 4.49. The number of amides is 1. The molecule has 178 valence electrons. The van der Waals surface area contributed by atoms with Crippen LogP contribution in [0.5, 0.6) is 5.75 Å². The van der Waals surface area contributed by atoms with E-state index in [1.165, 1.54) is 24.3 Å². The normalized spacial score (nSPS) is 18.9. The maximum atomic E-state index is 12.7. The quantitative estimate of drug-likeness (QED) is 0.298. The van der Waals surface area contributed by atoms with Crippen LogP contribution in [-0.4, -0.2) is 22.9 Å². The topological polar surface area (TPSA) is 138 Å². The Hall–Kier alpha value is -3.43. The Balaban J connectivity index is 1.58. The molecule has 3 aromatic rings. The van der Waals surface area contributed by atoms with Crippen LogP contribution in [-0.2, 0) is 0 Å². The summed E-state index contributed by atoms with van der Waals surface area (Å²) in [6.07, 6.45) is 2.46. The minimum atomic E-state index is -0.780. The number of nitrogens with one attached hydrogen (secondary N) is 1. The van der Waals surface area contributed by atoms with Crippen molar-refractivity contribution in [3.05, 3.63) is 79.1 Å². The number of benzene rings is 2. The summed E-state index contributed by atoms with van der Waals surface area (Å²) in [5, 5.41) is 14.9. The van der Waals surface area contributed by atoms with Gasteiger partial charge in [-0.05, 0) is 50.8 Å². The summed E-state index contributed by atoms with van der Waals surface area (Å²) in [4.78, 5) is 36.1. The standard InChI is InChI=1S/C24H24ClN3O6/c1-13(17-4-2-3-5-20(17)28(31)32)33-22-12-21-14(11-19(22)25)10-18(24(30)34-21)23(29)27-16-8-6-15(26)7-9-16/h2-5,10-13,15-16H,6-9,26H2,1H3,(H,27,29). The number of nitro groups is 1. The predicted molar refractivity (Wildman–Crippen MR) is 127 cm³/mol. The van der Waals surface area contributed by atoms with Gasteiger partial charge in [-0.2, -0.15) is 0 Å². The number of carbonyl (C=O) groups is 1. The zero-order valence-electron chi connectivity index (χ0n) is 18.5. The van der Waals surface area contributed by atoms with Crippen LogP contribution in [0.3, 0.4) is 0 Å². The van der Waals surface area contributed by atoms with Gasteiger partial charge in [0.05, 0.1) is 15.5 Å². The molecule has 0 radical (unpaired) electrons. The lowest BCUT2D eigenvalue weighted by Crippen LogP contribution is -2.41. The van der Waals surface area contributed by atoms with Crippen LogP contribution >= 0.6 is 11.6 Å². The molecule has 0 aliphatic heterocycles. The minimum Gasteiger partial charge on any atom is -0.484 e. The fraction of sp³-hybridized carbons (Fsp3) is 0.333. The van der Waals surface area contributed by atoms with E-state index < -0.39 is 22.6 Å². The number of hydrogen-bond acceptors (Lipinski definition) is 7. The van der Waals surface area contributed by atoms with E-state index in [1.54, 1.807) is 25.1 Å². The maximum absolute atomic E-state index is 12.7. The zero-order chi connectivity index (χ0) is 24.4. The highest BCUT2D eigenvalue weighted by Gasteiger charge is 2.24. The molecule has 1 aromatic heterocycles. The van der Waals surface area contributed by atoms with E-state index in [-0.39, 0.29) is 39.7 Å². The lowest BCUT2D eigenvalue weighted by Gasteiger charge is -2.26. The number of rotatable bonds is 6. The number of nitro benzene ring substituents is 1. The molecule has 1 saturated carbocycles. The maximum Gasteiger partial charge on any atom is 0.349 e. The van der Waals surface area contributed by atoms with Crippen LogP contribution in [0.25, 0.3) is 11.0 Å². The van der Waals surface area contributed by atoms with Crippen molar-refractivity contribution in [2.45, 2.75) is 50.8 Å². The van der Waals surface area contributed by atoms with Crippen molar-refractivity contribution in [3.63, 3.8) is 0 Å². The largest absolute Gasteiger partial charge is 0.484 e. The van der Waals surface area contributed by atoms with Crippen LogP contribution in [0.1, 0.15) is 54.6 Å². The van der Waals surface area contributed by atoms with E-state index in [2.05, 4.69) is 5.32 Å². The highest BCUT2D eigenvalue weighted by molar-refractivity contribution is 6.32. The average Bonchev–Trinajstić information content (AvgIpc) is 2.81. The van der Waals surface area contributed by atoms with E-state index in [0.717, 1.165) is 25.7 Å². The van der Waals surface area contributed by atoms with Gasteiger partial charge >= 0.3 is 5.63 Å². The van der Waals surface area contributed by atoms with E-state index in [1.807, 2.05) is 0 Å². The second-order valence-corrected chi connectivity index (χ2v) is 8.84. The number of fused-ring (bicyclic) bond motifs is 1. The van der Waals surface area contributed by atoms with E-state index >= 15 is 0 Å². The van der Waals surface area contributed by atoms with Crippen molar-refractivity contribution in [1.29, 1.82) is 0 Å². The third-order valence-electron chi connectivity index (χ3n) is 6.01. The number of nitrogens with two attached hydrogens (primary N) is 1. The van der Waals surface area contributed by atoms with Gasteiger partial charge in [-0.3, -0.25) is 14.9 Å². The molecule has 9 nitrogen and oxygen atoms in total. The molecule has 1 fully saturated rings. The van der Waals surface area contributed by atoms with Crippen LogP contribution in [0, 0.1) is 10.1 Å². The number of halogens is 1. The zero-order valence-corrected chi connectivity index (χ0v) is 19.2. The Morgan fingerprint density at radius 1 is 1.24 bits per heavy atom. The molecule has 0 bridgehead atoms. The van der Waals surface area contributed by atoms with Crippen molar-refractivity contribution in [2.24, 2.45) is 5.73 Å². The molecule has 1 amide bonds. The first-order valence-electron chi connectivity index (χ1n) is 11.0. The fourth-order valence-electron chi connectivity index (χ4n) is 4.15. The molecule has 1 aliphatic rings. The summed E-state index contributed by atoms with van der Waals surface area (Å²) in [5.74, 6) is -0.309. The number of ether oxygens (including phenoxy) is 1. The molecule has 1 aliphatic carbocycles. The minimum absolute atomic E-state index is 0.0368. The van der Waals surface area contributed by atoms with Crippen molar-refractivity contribution in [3.8, 4) is 5.75 Å². The van der Waals surface area contributed by atoms with Gasteiger partial charge in [0.1, 0.15) is 23.0 Å². The van der Waals surface area contributed by atoms with E-state index in [0.29, 0.717) is 10.9 Å². The first-order chi connectivity index (χ1) is 16.2. The number of para-hydroxylation sites is 1. The Morgan fingerprint density at radius 2 is 1.94 bits per heavy atom. The van der Waals surface area contributed by atoms with E-state index in [9.17, 15) is 19.7 Å². The smallest absolute Gasteiger partial charge is 0.349 e. The fourth-order valence-corrected chi connectivity index (χ4v) is 4.36. The summed E-state index contributed by atoms with van der Waals surface area (Å²) in [6.45, 7) is 1.66. The second kappa shape index (κ2) is 9.82. The number of nitrogens with zero attached hydrogens (tertiary/aromatic N) is 1. The third-order valence-corrected chi connectivity index (χ3v) is 6.31. The molecule has 34 heavy (non-hydrogen) atoms. The van der Waals surface area contributed by atoms with Gasteiger partial charge in [0.25, 0.3) is 11.6 Å². The SMILES string of the molecule is CC(Oc1cc2oc(=O)c(C(=O)NC3CCC(N)CC3)cc2cc1Cl)c1ccccc1[N+](=O)[O-]. The van der Waals surface area contributed by atoms with Gasteiger partial charge in [0.15, 0.2) is 0 Å². The molecule has 1 heterocycles. The highest BCUT2D eigenvalue weighted by Crippen LogP contribution is 2.35. The molecular weight excluding hydrogens is 462 g/mol. The summed E-state index contributed by atoms with van der Waals surface area (Å²) in [5.41, 5.74) is 5.49. The van der Waals surface area contributed by atoms with E-state index in [4.69, 9.17) is 26.5 Å². The van der Waals surface area contributed by atoms with Gasteiger partial charge in [-0.25, -0.2) is 4.79 Å². The van der Waals surface area contributed by atoms with Gasteiger partial charge in [0, 0.05) is 29.6 Å². The Bertz CT molecular complexity index is 1300. The summed E-state index contributed by atoms with van der Waals surface area (Å²) >= 11 is 6.39. The first-order valence-corrected chi connectivity index (χ1v) is 11.3. The van der Waals surface area contributed by atoms with Gasteiger partial charge in [0.2, 0.25) is 0 Å². The number of carbonyl (C=O) groups excluding carboxylic acids is 1. The molecular formula is C24H24ClN3O6. The van der Waals surface area contributed by atoms with Crippen molar-refractivity contribution in [2.75, 3.05) is 0 Å². The second-order valence-electron chi connectivity index (χ2n) is 8.43. The lowest BCUT2D eigenvalue weighted by molar-refractivity contribution is -0.386. The van der Waals surface area contributed by atoms with Crippen molar-refractivity contribution < 1.29 is 18.9 Å². The monoisotopic (exact) mass is 485 g/mol.